The zero-order valence-corrected chi connectivity index (χ0v) is 15.2. The van der Waals surface area contributed by atoms with Gasteiger partial charge in [0.1, 0.15) is 12.1 Å². The Kier molecular flexibility index (Phi) is 4.21. The fourth-order valence-corrected chi connectivity index (χ4v) is 4.65. The van der Waals surface area contributed by atoms with E-state index in [0.29, 0.717) is 13.0 Å². The molecule has 2 fully saturated rings. The molecule has 1 saturated heterocycles. The van der Waals surface area contributed by atoms with Crippen molar-refractivity contribution in [3.8, 4) is 0 Å². The summed E-state index contributed by atoms with van der Waals surface area (Å²) in [7, 11) is 0. The van der Waals surface area contributed by atoms with E-state index in [-0.39, 0.29) is 24.3 Å². The average Bonchev–Trinajstić information content (AvgIpc) is 2.88. The summed E-state index contributed by atoms with van der Waals surface area (Å²) in [6, 6.07) is 7.42. The number of urea groups is 1. The van der Waals surface area contributed by atoms with E-state index in [9.17, 15) is 14.4 Å². The Bertz CT molecular complexity index is 762. The van der Waals surface area contributed by atoms with Crippen molar-refractivity contribution in [3.05, 3.63) is 29.8 Å². The third kappa shape index (κ3) is 2.59. The second kappa shape index (κ2) is 6.41. The van der Waals surface area contributed by atoms with Crippen molar-refractivity contribution in [3.63, 3.8) is 0 Å². The molecule has 0 radical (unpaired) electrons. The van der Waals surface area contributed by atoms with E-state index in [1.807, 2.05) is 31.2 Å². The minimum atomic E-state index is -0.810. The zero-order valence-electron chi connectivity index (χ0n) is 15.2. The smallest absolute Gasteiger partial charge is 0.323 e. The molecule has 0 aromatic heterocycles. The van der Waals surface area contributed by atoms with Crippen LogP contribution in [0.5, 0.6) is 0 Å². The first-order valence-corrected chi connectivity index (χ1v) is 9.55. The molecule has 1 aliphatic carbocycles. The van der Waals surface area contributed by atoms with E-state index in [0.717, 1.165) is 48.3 Å². The summed E-state index contributed by atoms with van der Waals surface area (Å²) in [5.41, 5.74) is 1.23. The number of rotatable bonds is 2. The van der Waals surface area contributed by atoms with Gasteiger partial charge in [-0.3, -0.25) is 14.5 Å². The number of amides is 4. The number of benzene rings is 1. The Morgan fingerprint density at radius 2 is 2.04 bits per heavy atom. The van der Waals surface area contributed by atoms with Crippen molar-refractivity contribution in [1.82, 2.24) is 10.2 Å². The van der Waals surface area contributed by atoms with Crippen molar-refractivity contribution in [2.75, 3.05) is 18.0 Å². The third-order valence-electron chi connectivity index (χ3n) is 6.21. The molecule has 0 bridgehead atoms. The number of imide groups is 1. The van der Waals surface area contributed by atoms with Crippen LogP contribution in [-0.4, -0.2) is 41.4 Å². The van der Waals surface area contributed by atoms with Crippen LogP contribution in [0, 0.1) is 5.92 Å². The average molecular weight is 355 g/mol. The first-order chi connectivity index (χ1) is 12.5. The molecule has 4 amide bonds. The van der Waals surface area contributed by atoms with Crippen molar-refractivity contribution in [2.45, 2.75) is 51.0 Å². The fraction of sp³-hybridized carbons (Fsp3) is 0.550. The standard InChI is InChI=1S/C20H25N3O3/c1-14-7-4-5-11-20(14)18(25)23(19(26)21-20)13-17(24)22-12-6-9-15-8-2-3-10-16(15)22/h2-3,8,10,14H,4-7,9,11-13H2,1H3,(H,21,26)/t14-,20+/m0/s1. The van der Waals surface area contributed by atoms with Crippen LogP contribution in [0.15, 0.2) is 24.3 Å². The number of anilines is 1. The van der Waals surface area contributed by atoms with Gasteiger partial charge >= 0.3 is 6.03 Å². The molecule has 1 aromatic rings. The van der Waals surface area contributed by atoms with Crippen LogP contribution in [0.2, 0.25) is 0 Å². The number of hydrogen-bond donors (Lipinski definition) is 1. The SMILES string of the molecule is C[C@H]1CCCC[C@@]12NC(=O)N(CC(=O)N1CCCc3ccccc31)C2=O. The highest BCUT2D eigenvalue weighted by Crippen LogP contribution is 2.38. The predicted molar refractivity (Wildman–Crippen MR) is 97.7 cm³/mol. The van der Waals surface area contributed by atoms with E-state index >= 15 is 0 Å². The molecular formula is C20H25N3O3. The molecule has 1 saturated carbocycles. The Morgan fingerprint density at radius 3 is 2.85 bits per heavy atom. The second-order valence-electron chi connectivity index (χ2n) is 7.72. The topological polar surface area (TPSA) is 69.7 Å². The van der Waals surface area contributed by atoms with Gasteiger partial charge in [-0.05, 0) is 43.2 Å². The monoisotopic (exact) mass is 355 g/mol. The van der Waals surface area contributed by atoms with Crippen LogP contribution in [-0.2, 0) is 16.0 Å². The van der Waals surface area contributed by atoms with E-state index < -0.39 is 11.6 Å². The number of hydrogen-bond acceptors (Lipinski definition) is 3. The van der Waals surface area contributed by atoms with Gasteiger partial charge < -0.3 is 10.2 Å². The maximum absolute atomic E-state index is 13.0. The highest BCUT2D eigenvalue weighted by molar-refractivity contribution is 6.10. The lowest BCUT2D eigenvalue weighted by molar-refractivity contribution is -0.136. The van der Waals surface area contributed by atoms with Crippen molar-refractivity contribution in [1.29, 1.82) is 0 Å². The summed E-state index contributed by atoms with van der Waals surface area (Å²) in [5, 5.41) is 2.91. The number of fused-ring (bicyclic) bond motifs is 1. The van der Waals surface area contributed by atoms with Crippen molar-refractivity contribution < 1.29 is 14.4 Å². The Balaban J connectivity index is 1.54. The summed E-state index contributed by atoms with van der Waals surface area (Å²) in [5.74, 6) is -0.321. The summed E-state index contributed by atoms with van der Waals surface area (Å²) < 4.78 is 0. The molecule has 6 heteroatoms. The minimum Gasteiger partial charge on any atom is -0.323 e. The van der Waals surface area contributed by atoms with Crippen molar-refractivity contribution >= 4 is 23.5 Å². The van der Waals surface area contributed by atoms with E-state index in [4.69, 9.17) is 0 Å². The molecule has 1 spiro atoms. The van der Waals surface area contributed by atoms with Gasteiger partial charge in [-0.15, -0.1) is 0 Å². The Hall–Kier alpha value is -2.37. The number of carbonyl (C=O) groups excluding carboxylic acids is 3. The molecule has 26 heavy (non-hydrogen) atoms. The summed E-state index contributed by atoms with van der Waals surface area (Å²) in [4.78, 5) is 41.3. The van der Waals surface area contributed by atoms with Gasteiger partial charge in [0, 0.05) is 12.2 Å². The number of aryl methyl sites for hydroxylation is 1. The van der Waals surface area contributed by atoms with Gasteiger partial charge in [-0.1, -0.05) is 38.0 Å². The lowest BCUT2D eigenvalue weighted by Crippen LogP contribution is -2.54. The number of carbonyl (C=O) groups is 3. The molecule has 138 valence electrons. The first kappa shape index (κ1) is 17.1. The molecule has 1 N–H and O–H groups in total. The van der Waals surface area contributed by atoms with E-state index in [1.54, 1.807) is 4.90 Å². The van der Waals surface area contributed by atoms with Crippen LogP contribution in [0.3, 0.4) is 0 Å². The molecule has 0 unspecified atom stereocenters. The fourth-order valence-electron chi connectivity index (χ4n) is 4.65. The normalized spacial score (nSPS) is 28.3. The quantitative estimate of drug-likeness (QED) is 0.829. The van der Waals surface area contributed by atoms with E-state index in [1.165, 1.54) is 0 Å². The molecule has 2 aliphatic heterocycles. The lowest BCUT2D eigenvalue weighted by Gasteiger charge is -2.37. The molecule has 1 aromatic carbocycles. The molecule has 2 heterocycles. The Labute approximate surface area is 153 Å². The summed E-state index contributed by atoms with van der Waals surface area (Å²) in [6.45, 7) is 2.46. The van der Waals surface area contributed by atoms with Gasteiger partial charge in [0.25, 0.3) is 5.91 Å². The van der Waals surface area contributed by atoms with Gasteiger partial charge in [0.15, 0.2) is 0 Å². The van der Waals surface area contributed by atoms with Crippen LogP contribution in [0.4, 0.5) is 10.5 Å². The van der Waals surface area contributed by atoms with E-state index in [2.05, 4.69) is 5.32 Å². The van der Waals surface area contributed by atoms with Gasteiger partial charge in [0.05, 0.1) is 0 Å². The maximum Gasteiger partial charge on any atom is 0.325 e. The lowest BCUT2D eigenvalue weighted by atomic mass is 9.73. The summed E-state index contributed by atoms with van der Waals surface area (Å²) >= 11 is 0. The summed E-state index contributed by atoms with van der Waals surface area (Å²) in [6.07, 6.45) is 5.43. The molecule has 2 atom stereocenters. The Morgan fingerprint density at radius 1 is 1.23 bits per heavy atom. The third-order valence-corrected chi connectivity index (χ3v) is 6.21. The van der Waals surface area contributed by atoms with Gasteiger partial charge in [-0.2, -0.15) is 0 Å². The van der Waals surface area contributed by atoms with Crippen LogP contribution in [0.1, 0.15) is 44.6 Å². The van der Waals surface area contributed by atoms with Gasteiger partial charge in [-0.25, -0.2) is 4.79 Å². The second-order valence-corrected chi connectivity index (χ2v) is 7.72. The van der Waals surface area contributed by atoms with Crippen LogP contribution >= 0.6 is 0 Å². The number of nitrogens with one attached hydrogen (secondary N) is 1. The number of nitrogens with zero attached hydrogens (tertiary/aromatic N) is 2. The zero-order chi connectivity index (χ0) is 18.3. The van der Waals surface area contributed by atoms with Crippen LogP contribution < -0.4 is 10.2 Å². The highest BCUT2D eigenvalue weighted by atomic mass is 16.2. The highest BCUT2D eigenvalue weighted by Gasteiger charge is 2.55. The van der Waals surface area contributed by atoms with Gasteiger partial charge in [0.2, 0.25) is 5.91 Å². The maximum atomic E-state index is 13.0. The minimum absolute atomic E-state index is 0.100. The predicted octanol–water partition coefficient (Wildman–Crippen LogP) is 2.47. The van der Waals surface area contributed by atoms with Crippen molar-refractivity contribution in [2.24, 2.45) is 5.92 Å². The number of para-hydroxylation sites is 1. The van der Waals surface area contributed by atoms with Crippen LogP contribution in [0.25, 0.3) is 0 Å². The molecule has 3 aliphatic rings. The first-order valence-electron chi connectivity index (χ1n) is 9.55. The molecule has 4 rings (SSSR count). The molecule has 6 nitrogen and oxygen atoms in total. The molecular weight excluding hydrogens is 330 g/mol. The largest absolute Gasteiger partial charge is 0.325 e.